The fraction of sp³-hybridized carbons (Fsp3) is 0.267. The maximum atomic E-state index is 12.3. The Kier molecular flexibility index (Phi) is 3.14. The van der Waals surface area contributed by atoms with Gasteiger partial charge in [-0.25, -0.2) is 0 Å². The molecule has 0 saturated carbocycles. The number of nitrogens with zero attached hydrogens (tertiary/aromatic N) is 1. The molecule has 2 rings (SSSR count). The van der Waals surface area contributed by atoms with Crippen LogP contribution in [-0.4, -0.2) is 4.57 Å². The number of hydrogen-bond donors (Lipinski definition) is 0. The van der Waals surface area contributed by atoms with Crippen LogP contribution in [0.5, 0.6) is 0 Å². The Morgan fingerprint density at radius 3 is 2.29 bits per heavy atom. The maximum Gasteiger partial charge on any atom is 0.258 e. The standard InChI is InChI=1S/C15H17NO/c1-11(2)13-9-10-16(3)15(17)14(13)12-7-5-4-6-8-12/h4-11H,1-3H3. The van der Waals surface area contributed by atoms with Gasteiger partial charge in [-0.15, -0.1) is 0 Å². The lowest BCUT2D eigenvalue weighted by molar-refractivity contribution is 0.817. The van der Waals surface area contributed by atoms with E-state index in [9.17, 15) is 4.79 Å². The van der Waals surface area contributed by atoms with Gasteiger partial charge < -0.3 is 4.57 Å². The quantitative estimate of drug-likeness (QED) is 0.772. The fourth-order valence-electron chi connectivity index (χ4n) is 2.02. The number of aryl methyl sites for hydroxylation is 1. The van der Waals surface area contributed by atoms with E-state index in [-0.39, 0.29) is 5.56 Å². The van der Waals surface area contributed by atoms with Crippen LogP contribution in [0.25, 0.3) is 11.1 Å². The van der Waals surface area contributed by atoms with Crippen LogP contribution < -0.4 is 5.56 Å². The molecule has 0 fully saturated rings. The minimum absolute atomic E-state index is 0.0717. The Morgan fingerprint density at radius 1 is 1.06 bits per heavy atom. The molecule has 1 aromatic heterocycles. The zero-order valence-electron chi connectivity index (χ0n) is 10.5. The van der Waals surface area contributed by atoms with E-state index < -0.39 is 0 Å². The average Bonchev–Trinajstić information content (AvgIpc) is 2.33. The van der Waals surface area contributed by atoms with Crippen LogP contribution in [0.15, 0.2) is 47.4 Å². The molecule has 0 aliphatic heterocycles. The first-order chi connectivity index (χ1) is 8.11. The Hall–Kier alpha value is -1.83. The molecule has 0 radical (unpaired) electrons. The van der Waals surface area contributed by atoms with Gasteiger partial charge in [-0.1, -0.05) is 44.2 Å². The average molecular weight is 227 g/mol. The van der Waals surface area contributed by atoms with Gasteiger partial charge in [0.25, 0.3) is 5.56 Å². The van der Waals surface area contributed by atoms with Gasteiger partial charge in [-0.2, -0.15) is 0 Å². The number of hydrogen-bond acceptors (Lipinski definition) is 1. The molecule has 2 heteroatoms. The molecule has 0 amide bonds. The minimum Gasteiger partial charge on any atom is -0.318 e. The summed E-state index contributed by atoms with van der Waals surface area (Å²) in [5.41, 5.74) is 3.00. The summed E-state index contributed by atoms with van der Waals surface area (Å²) in [7, 11) is 1.79. The van der Waals surface area contributed by atoms with Gasteiger partial charge in [0.15, 0.2) is 0 Å². The van der Waals surface area contributed by atoms with Crippen LogP contribution in [0.1, 0.15) is 25.3 Å². The van der Waals surface area contributed by atoms with Crippen molar-refractivity contribution >= 4 is 0 Å². The van der Waals surface area contributed by atoms with Gasteiger partial charge in [-0.3, -0.25) is 4.79 Å². The van der Waals surface area contributed by atoms with E-state index in [0.717, 1.165) is 16.7 Å². The van der Waals surface area contributed by atoms with Crippen molar-refractivity contribution in [2.45, 2.75) is 19.8 Å². The van der Waals surface area contributed by atoms with Crippen LogP contribution >= 0.6 is 0 Å². The maximum absolute atomic E-state index is 12.3. The summed E-state index contributed by atoms with van der Waals surface area (Å²) in [4.78, 5) is 12.3. The molecule has 2 aromatic rings. The van der Waals surface area contributed by atoms with E-state index in [4.69, 9.17) is 0 Å². The number of rotatable bonds is 2. The summed E-state index contributed by atoms with van der Waals surface area (Å²) in [5, 5.41) is 0. The van der Waals surface area contributed by atoms with E-state index in [1.807, 2.05) is 42.6 Å². The third-order valence-electron chi connectivity index (χ3n) is 2.99. The number of pyridine rings is 1. The molecular weight excluding hydrogens is 210 g/mol. The highest BCUT2D eigenvalue weighted by Crippen LogP contribution is 2.25. The van der Waals surface area contributed by atoms with E-state index in [0.29, 0.717) is 5.92 Å². The molecule has 1 heterocycles. The van der Waals surface area contributed by atoms with Crippen molar-refractivity contribution in [2.24, 2.45) is 7.05 Å². The molecule has 2 nitrogen and oxygen atoms in total. The third-order valence-corrected chi connectivity index (χ3v) is 2.99. The summed E-state index contributed by atoms with van der Waals surface area (Å²) in [6.45, 7) is 4.22. The van der Waals surface area contributed by atoms with Crippen LogP contribution in [0.2, 0.25) is 0 Å². The summed E-state index contributed by atoms with van der Waals surface area (Å²) in [6.07, 6.45) is 1.84. The summed E-state index contributed by atoms with van der Waals surface area (Å²) in [5.74, 6) is 0.346. The number of benzene rings is 1. The Balaban J connectivity index is 2.75. The fourth-order valence-corrected chi connectivity index (χ4v) is 2.02. The lowest BCUT2D eigenvalue weighted by atomic mass is 9.94. The molecule has 0 spiro atoms. The van der Waals surface area contributed by atoms with Crippen LogP contribution in [-0.2, 0) is 7.05 Å². The lowest BCUT2D eigenvalue weighted by Gasteiger charge is -2.13. The van der Waals surface area contributed by atoms with Crippen LogP contribution in [0.4, 0.5) is 0 Å². The van der Waals surface area contributed by atoms with Crippen molar-refractivity contribution in [3.8, 4) is 11.1 Å². The second-order valence-electron chi connectivity index (χ2n) is 4.58. The first kappa shape index (κ1) is 11.6. The first-order valence-corrected chi connectivity index (χ1v) is 5.86. The molecular formula is C15H17NO. The highest BCUT2D eigenvalue weighted by Gasteiger charge is 2.13. The van der Waals surface area contributed by atoms with E-state index >= 15 is 0 Å². The smallest absolute Gasteiger partial charge is 0.258 e. The monoisotopic (exact) mass is 227 g/mol. The van der Waals surface area contributed by atoms with Crippen molar-refractivity contribution in [1.29, 1.82) is 0 Å². The normalized spacial score (nSPS) is 10.8. The van der Waals surface area contributed by atoms with Gasteiger partial charge in [0, 0.05) is 13.2 Å². The summed E-state index contributed by atoms with van der Waals surface area (Å²) >= 11 is 0. The van der Waals surface area contributed by atoms with Gasteiger partial charge >= 0.3 is 0 Å². The molecule has 0 N–H and O–H groups in total. The topological polar surface area (TPSA) is 22.0 Å². The van der Waals surface area contributed by atoms with Gasteiger partial charge in [0.2, 0.25) is 0 Å². The minimum atomic E-state index is 0.0717. The lowest BCUT2D eigenvalue weighted by Crippen LogP contribution is -2.20. The zero-order chi connectivity index (χ0) is 12.4. The third kappa shape index (κ3) is 2.16. The molecule has 0 aliphatic carbocycles. The highest BCUT2D eigenvalue weighted by atomic mass is 16.1. The second-order valence-corrected chi connectivity index (χ2v) is 4.58. The van der Waals surface area contributed by atoms with Crippen molar-refractivity contribution in [3.63, 3.8) is 0 Å². The van der Waals surface area contributed by atoms with E-state index in [2.05, 4.69) is 13.8 Å². The summed E-state index contributed by atoms with van der Waals surface area (Å²) in [6, 6.07) is 11.9. The summed E-state index contributed by atoms with van der Waals surface area (Å²) < 4.78 is 1.63. The van der Waals surface area contributed by atoms with E-state index in [1.54, 1.807) is 11.6 Å². The molecule has 0 saturated heterocycles. The van der Waals surface area contributed by atoms with Gasteiger partial charge in [0.1, 0.15) is 0 Å². The van der Waals surface area contributed by atoms with Crippen LogP contribution in [0, 0.1) is 0 Å². The molecule has 1 aromatic carbocycles. The Labute approximate surface area is 102 Å². The molecule has 17 heavy (non-hydrogen) atoms. The first-order valence-electron chi connectivity index (χ1n) is 5.86. The van der Waals surface area contributed by atoms with Crippen molar-refractivity contribution in [1.82, 2.24) is 4.57 Å². The largest absolute Gasteiger partial charge is 0.318 e. The van der Waals surface area contributed by atoms with Crippen molar-refractivity contribution < 1.29 is 0 Å². The molecule has 0 unspecified atom stereocenters. The molecule has 88 valence electrons. The Bertz CT molecular complexity index is 567. The van der Waals surface area contributed by atoms with Gasteiger partial charge in [0.05, 0.1) is 5.56 Å². The zero-order valence-corrected chi connectivity index (χ0v) is 10.5. The van der Waals surface area contributed by atoms with Crippen molar-refractivity contribution in [2.75, 3.05) is 0 Å². The number of aromatic nitrogens is 1. The van der Waals surface area contributed by atoms with Crippen LogP contribution in [0.3, 0.4) is 0 Å². The Morgan fingerprint density at radius 2 is 1.71 bits per heavy atom. The highest BCUT2D eigenvalue weighted by molar-refractivity contribution is 5.66. The predicted octanol–water partition coefficient (Wildman–Crippen LogP) is 3.18. The molecule has 0 bridgehead atoms. The molecule has 0 atom stereocenters. The molecule has 0 aliphatic rings. The van der Waals surface area contributed by atoms with E-state index in [1.165, 1.54) is 0 Å². The second kappa shape index (κ2) is 4.58. The predicted molar refractivity (Wildman–Crippen MR) is 71.2 cm³/mol. The van der Waals surface area contributed by atoms with Crippen molar-refractivity contribution in [3.05, 3.63) is 58.5 Å². The van der Waals surface area contributed by atoms with Gasteiger partial charge in [-0.05, 0) is 23.1 Å². The SMILES string of the molecule is CC(C)c1ccn(C)c(=O)c1-c1ccccc1.